The fourth-order valence-corrected chi connectivity index (χ4v) is 2.06. The van der Waals surface area contributed by atoms with Crippen LogP contribution in [-0.4, -0.2) is 12.2 Å². The van der Waals surface area contributed by atoms with Crippen LogP contribution in [0.15, 0.2) is 36.4 Å². The molecule has 3 nitrogen and oxygen atoms in total. The Morgan fingerprint density at radius 2 is 1.95 bits per heavy atom. The molecule has 2 rings (SSSR count). The Kier molecular flexibility index (Phi) is 4.75. The number of halogens is 2. The van der Waals surface area contributed by atoms with Crippen LogP contribution < -0.4 is 10.1 Å². The average molecular weight is 293 g/mol. The fourth-order valence-electron chi connectivity index (χ4n) is 2.06. The van der Waals surface area contributed by atoms with E-state index in [4.69, 9.17) is 4.74 Å². The zero-order chi connectivity index (χ0) is 15.4. The first-order valence-electron chi connectivity index (χ1n) is 6.55. The summed E-state index contributed by atoms with van der Waals surface area (Å²) in [5.41, 5.74) is 1.15. The fraction of sp³-hybridized carbons (Fsp3) is 0.250. The molecule has 0 aliphatic carbocycles. The van der Waals surface area contributed by atoms with Crippen molar-refractivity contribution in [3.05, 3.63) is 59.2 Å². The lowest BCUT2D eigenvalue weighted by Gasteiger charge is -2.16. The van der Waals surface area contributed by atoms with Crippen LogP contribution in [0.5, 0.6) is 11.5 Å². The minimum atomic E-state index is -0.466. The molecule has 2 N–H and O–H groups in total. The molecule has 0 heterocycles. The molecular formula is C16H17F2NO2. The van der Waals surface area contributed by atoms with Gasteiger partial charge in [-0.15, -0.1) is 0 Å². The SMILES string of the molecule is COc1cc(CNC(C)c2cc(F)ccc2F)ccc1O. The van der Waals surface area contributed by atoms with Crippen molar-refractivity contribution in [1.29, 1.82) is 0 Å². The van der Waals surface area contributed by atoms with Gasteiger partial charge in [0, 0.05) is 18.2 Å². The number of phenolic OH excluding ortho intramolecular Hbond substituents is 1. The zero-order valence-electron chi connectivity index (χ0n) is 11.9. The Hall–Kier alpha value is -2.14. The number of hydrogen-bond donors (Lipinski definition) is 2. The van der Waals surface area contributed by atoms with Crippen molar-refractivity contribution in [2.45, 2.75) is 19.5 Å². The van der Waals surface area contributed by atoms with Crippen LogP contribution >= 0.6 is 0 Å². The summed E-state index contributed by atoms with van der Waals surface area (Å²) in [5, 5.41) is 12.6. The van der Waals surface area contributed by atoms with Gasteiger partial charge in [0.2, 0.25) is 0 Å². The number of ether oxygens (including phenoxy) is 1. The maximum absolute atomic E-state index is 13.7. The monoisotopic (exact) mass is 293 g/mol. The van der Waals surface area contributed by atoms with Crippen LogP contribution in [0, 0.1) is 11.6 Å². The van der Waals surface area contributed by atoms with Crippen molar-refractivity contribution in [3.8, 4) is 11.5 Å². The van der Waals surface area contributed by atoms with Gasteiger partial charge in [-0.05, 0) is 42.8 Å². The van der Waals surface area contributed by atoms with Gasteiger partial charge in [-0.1, -0.05) is 6.07 Å². The smallest absolute Gasteiger partial charge is 0.160 e. The molecule has 1 atom stereocenters. The van der Waals surface area contributed by atoms with Crippen LogP contribution in [-0.2, 0) is 6.54 Å². The quantitative estimate of drug-likeness (QED) is 0.886. The van der Waals surface area contributed by atoms with Crippen LogP contribution in [0.1, 0.15) is 24.1 Å². The molecule has 0 radical (unpaired) electrons. The van der Waals surface area contributed by atoms with E-state index in [9.17, 15) is 13.9 Å². The van der Waals surface area contributed by atoms with Crippen molar-refractivity contribution >= 4 is 0 Å². The summed E-state index contributed by atoms with van der Waals surface area (Å²) in [4.78, 5) is 0. The summed E-state index contributed by atoms with van der Waals surface area (Å²) in [6, 6.07) is 8.01. The molecule has 5 heteroatoms. The molecule has 0 bridgehead atoms. The molecular weight excluding hydrogens is 276 g/mol. The molecule has 0 fully saturated rings. The maximum atomic E-state index is 13.7. The summed E-state index contributed by atoms with van der Waals surface area (Å²) in [7, 11) is 1.47. The second-order valence-electron chi connectivity index (χ2n) is 4.77. The minimum absolute atomic E-state index is 0.0606. The predicted molar refractivity (Wildman–Crippen MR) is 76.3 cm³/mol. The summed E-state index contributed by atoms with van der Waals surface area (Å²) in [6.07, 6.45) is 0. The largest absolute Gasteiger partial charge is 0.504 e. The number of rotatable bonds is 5. The Labute approximate surface area is 122 Å². The summed E-state index contributed by atoms with van der Waals surface area (Å²) < 4.78 is 31.9. The third-order valence-electron chi connectivity index (χ3n) is 3.28. The van der Waals surface area contributed by atoms with Crippen molar-refractivity contribution in [1.82, 2.24) is 5.32 Å². The number of phenols is 1. The van der Waals surface area contributed by atoms with Gasteiger partial charge in [-0.25, -0.2) is 8.78 Å². The van der Waals surface area contributed by atoms with Gasteiger partial charge in [-0.2, -0.15) is 0 Å². The van der Waals surface area contributed by atoms with Crippen molar-refractivity contribution in [3.63, 3.8) is 0 Å². The third-order valence-corrected chi connectivity index (χ3v) is 3.28. The lowest BCUT2D eigenvalue weighted by Crippen LogP contribution is -2.19. The van der Waals surface area contributed by atoms with Gasteiger partial charge >= 0.3 is 0 Å². The average Bonchev–Trinajstić information content (AvgIpc) is 2.48. The van der Waals surface area contributed by atoms with E-state index in [1.165, 1.54) is 19.2 Å². The van der Waals surface area contributed by atoms with E-state index in [0.29, 0.717) is 12.3 Å². The summed E-state index contributed by atoms with van der Waals surface area (Å²) in [5.74, 6) is -0.476. The molecule has 0 saturated heterocycles. The van der Waals surface area contributed by atoms with E-state index in [2.05, 4.69) is 5.32 Å². The number of benzene rings is 2. The maximum Gasteiger partial charge on any atom is 0.160 e. The van der Waals surface area contributed by atoms with Gasteiger partial charge in [0.05, 0.1) is 7.11 Å². The lowest BCUT2D eigenvalue weighted by atomic mass is 10.1. The van der Waals surface area contributed by atoms with Crippen LogP contribution in [0.4, 0.5) is 8.78 Å². The van der Waals surface area contributed by atoms with Gasteiger partial charge < -0.3 is 15.2 Å². The topological polar surface area (TPSA) is 41.5 Å². The van der Waals surface area contributed by atoms with Gasteiger partial charge in [0.25, 0.3) is 0 Å². The van der Waals surface area contributed by atoms with Crippen LogP contribution in [0.3, 0.4) is 0 Å². The predicted octanol–water partition coefficient (Wildman–Crippen LogP) is 3.53. The Morgan fingerprint density at radius 1 is 1.19 bits per heavy atom. The van der Waals surface area contributed by atoms with E-state index < -0.39 is 11.6 Å². The lowest BCUT2D eigenvalue weighted by molar-refractivity contribution is 0.372. The van der Waals surface area contributed by atoms with E-state index in [0.717, 1.165) is 17.7 Å². The first kappa shape index (κ1) is 15.3. The summed E-state index contributed by atoms with van der Waals surface area (Å²) in [6.45, 7) is 2.20. The normalized spacial score (nSPS) is 12.2. The first-order valence-corrected chi connectivity index (χ1v) is 6.55. The van der Waals surface area contributed by atoms with Gasteiger partial charge in [0.15, 0.2) is 11.5 Å². The second kappa shape index (κ2) is 6.54. The van der Waals surface area contributed by atoms with E-state index in [1.54, 1.807) is 19.1 Å². The highest BCUT2D eigenvalue weighted by atomic mass is 19.1. The van der Waals surface area contributed by atoms with Crippen molar-refractivity contribution in [2.75, 3.05) is 7.11 Å². The molecule has 112 valence electrons. The van der Waals surface area contributed by atoms with E-state index in [1.807, 2.05) is 0 Å². The van der Waals surface area contributed by atoms with Crippen molar-refractivity contribution in [2.24, 2.45) is 0 Å². The number of nitrogens with one attached hydrogen (secondary N) is 1. The molecule has 0 aliphatic rings. The molecule has 2 aromatic carbocycles. The molecule has 0 spiro atoms. The minimum Gasteiger partial charge on any atom is -0.504 e. The standard InChI is InChI=1S/C16H17F2NO2/c1-10(13-8-12(17)4-5-14(13)18)19-9-11-3-6-15(20)16(7-11)21-2/h3-8,10,19-20H,9H2,1-2H3. The molecule has 2 aromatic rings. The molecule has 0 amide bonds. The first-order chi connectivity index (χ1) is 10.0. The number of methoxy groups -OCH3 is 1. The second-order valence-corrected chi connectivity index (χ2v) is 4.77. The highest BCUT2D eigenvalue weighted by Crippen LogP contribution is 2.26. The van der Waals surface area contributed by atoms with Crippen LogP contribution in [0.2, 0.25) is 0 Å². The molecule has 0 aliphatic heterocycles. The third kappa shape index (κ3) is 3.70. The van der Waals surface area contributed by atoms with Gasteiger partial charge in [0.1, 0.15) is 11.6 Å². The highest BCUT2D eigenvalue weighted by molar-refractivity contribution is 5.41. The Morgan fingerprint density at radius 3 is 2.67 bits per heavy atom. The molecule has 0 aromatic heterocycles. The Balaban J connectivity index is 2.07. The number of aromatic hydroxyl groups is 1. The van der Waals surface area contributed by atoms with Crippen LogP contribution in [0.25, 0.3) is 0 Å². The Bertz CT molecular complexity index is 632. The van der Waals surface area contributed by atoms with E-state index >= 15 is 0 Å². The van der Waals surface area contributed by atoms with Crippen molar-refractivity contribution < 1.29 is 18.6 Å². The molecule has 0 saturated carbocycles. The number of hydrogen-bond acceptors (Lipinski definition) is 3. The summed E-state index contributed by atoms with van der Waals surface area (Å²) >= 11 is 0. The zero-order valence-corrected chi connectivity index (χ0v) is 11.9. The van der Waals surface area contributed by atoms with Gasteiger partial charge in [-0.3, -0.25) is 0 Å². The molecule has 21 heavy (non-hydrogen) atoms. The van der Waals surface area contributed by atoms with E-state index in [-0.39, 0.29) is 17.4 Å². The highest BCUT2D eigenvalue weighted by Gasteiger charge is 2.12. The molecule has 1 unspecified atom stereocenters.